The Morgan fingerprint density at radius 2 is 1.11 bits per heavy atom. The predicted octanol–water partition coefficient (Wildman–Crippen LogP) is 2.65. The molecule has 0 N–H and O–H groups in total. The van der Waals surface area contributed by atoms with Crippen molar-refractivity contribution in [2.24, 2.45) is 0 Å². The van der Waals surface area contributed by atoms with Gasteiger partial charge < -0.3 is 9.80 Å². The number of hydrogen-bond acceptors (Lipinski definition) is 5. The molecule has 5 heteroatoms. The molecule has 2 atom stereocenters. The minimum absolute atomic E-state index is 0.442. The van der Waals surface area contributed by atoms with Crippen molar-refractivity contribution in [3.8, 4) is 0 Å². The summed E-state index contributed by atoms with van der Waals surface area (Å²) in [7, 11) is 0. The molecule has 0 amide bonds. The Balaban J connectivity index is 1.40. The van der Waals surface area contributed by atoms with Crippen LogP contribution in [-0.2, 0) is 13.1 Å². The second-order valence-corrected chi connectivity index (χ2v) is 8.76. The molecule has 2 aromatic rings. The summed E-state index contributed by atoms with van der Waals surface area (Å²) >= 11 is 0. The van der Waals surface area contributed by atoms with Crippen molar-refractivity contribution in [3.05, 3.63) is 59.7 Å². The van der Waals surface area contributed by atoms with Crippen LogP contribution < -0.4 is 9.80 Å². The van der Waals surface area contributed by atoms with E-state index in [0.717, 1.165) is 39.1 Å². The summed E-state index contributed by atoms with van der Waals surface area (Å²) in [5.74, 6) is 0. The summed E-state index contributed by atoms with van der Waals surface area (Å²) < 4.78 is 0. The lowest BCUT2D eigenvalue weighted by Crippen LogP contribution is -2.58. The SMILES string of the molecule is c1ccc2c(c1)CN1CN(C3CC3)CN3c4ccccc4CN4CN2[C@@H]1[C@@H]43. The molecule has 5 nitrogen and oxygen atoms in total. The van der Waals surface area contributed by atoms with Crippen LogP contribution in [0.5, 0.6) is 0 Å². The topological polar surface area (TPSA) is 16.2 Å². The second kappa shape index (κ2) is 5.25. The average Bonchev–Trinajstić information content (AvgIpc) is 3.48. The van der Waals surface area contributed by atoms with E-state index in [2.05, 4.69) is 73.0 Å². The summed E-state index contributed by atoms with van der Waals surface area (Å²) in [5, 5.41) is 0. The van der Waals surface area contributed by atoms with Crippen molar-refractivity contribution < 1.29 is 0 Å². The van der Waals surface area contributed by atoms with Crippen LogP contribution in [0.3, 0.4) is 0 Å². The summed E-state index contributed by atoms with van der Waals surface area (Å²) in [6, 6.07) is 18.9. The molecule has 1 aliphatic carbocycles. The van der Waals surface area contributed by atoms with Crippen molar-refractivity contribution in [1.82, 2.24) is 14.7 Å². The van der Waals surface area contributed by atoms with Crippen LogP contribution in [0.4, 0.5) is 11.4 Å². The van der Waals surface area contributed by atoms with Gasteiger partial charge in [-0.05, 0) is 36.1 Å². The van der Waals surface area contributed by atoms with Crippen molar-refractivity contribution in [3.63, 3.8) is 0 Å². The van der Waals surface area contributed by atoms with Crippen molar-refractivity contribution in [1.29, 1.82) is 0 Å². The van der Waals surface area contributed by atoms with E-state index >= 15 is 0 Å². The monoisotopic (exact) mass is 359 g/mol. The third-order valence-corrected chi connectivity index (χ3v) is 7.10. The van der Waals surface area contributed by atoms with Gasteiger partial charge in [0, 0.05) is 30.5 Å². The van der Waals surface area contributed by atoms with E-state index < -0.39 is 0 Å². The molecule has 1 saturated carbocycles. The van der Waals surface area contributed by atoms with Gasteiger partial charge in [-0.15, -0.1) is 0 Å². The van der Waals surface area contributed by atoms with Gasteiger partial charge >= 0.3 is 0 Å². The number of fused-ring (bicyclic) bond motifs is 4. The van der Waals surface area contributed by atoms with Crippen LogP contribution in [0.15, 0.2) is 48.5 Å². The largest absolute Gasteiger partial charge is 0.339 e. The number of hydrogen-bond donors (Lipinski definition) is 0. The molecule has 4 aliphatic heterocycles. The fourth-order valence-electron chi connectivity index (χ4n) is 5.78. The van der Waals surface area contributed by atoms with E-state index in [0.29, 0.717) is 12.3 Å². The van der Waals surface area contributed by atoms with E-state index in [9.17, 15) is 0 Å². The number of benzene rings is 2. The first-order valence-electron chi connectivity index (χ1n) is 10.3. The van der Waals surface area contributed by atoms with Gasteiger partial charge in [0.1, 0.15) is 12.3 Å². The highest BCUT2D eigenvalue weighted by Crippen LogP contribution is 2.45. The molecule has 2 saturated heterocycles. The molecule has 7 rings (SSSR count). The van der Waals surface area contributed by atoms with Gasteiger partial charge in [0.2, 0.25) is 0 Å². The lowest BCUT2D eigenvalue weighted by atomic mass is 10.0. The predicted molar refractivity (Wildman–Crippen MR) is 106 cm³/mol. The summed E-state index contributed by atoms with van der Waals surface area (Å²) in [4.78, 5) is 13.5. The Hall–Kier alpha value is -2.08. The Labute approximate surface area is 160 Å². The molecular weight excluding hydrogens is 334 g/mol. The first-order chi connectivity index (χ1) is 13.4. The zero-order valence-electron chi connectivity index (χ0n) is 15.5. The molecule has 138 valence electrons. The maximum Gasteiger partial charge on any atom is 0.120 e. The maximum atomic E-state index is 2.74. The Bertz CT molecular complexity index is 909. The van der Waals surface area contributed by atoms with Gasteiger partial charge in [-0.2, -0.15) is 0 Å². The van der Waals surface area contributed by atoms with Crippen molar-refractivity contribution >= 4 is 11.4 Å². The summed E-state index contributed by atoms with van der Waals surface area (Å²) in [5.41, 5.74) is 5.85. The minimum Gasteiger partial charge on any atom is -0.339 e. The van der Waals surface area contributed by atoms with Gasteiger partial charge in [-0.1, -0.05) is 36.4 Å². The van der Waals surface area contributed by atoms with Crippen LogP contribution in [0.2, 0.25) is 0 Å². The van der Waals surface area contributed by atoms with Crippen LogP contribution in [-0.4, -0.2) is 53.1 Å². The molecule has 0 spiro atoms. The fraction of sp³-hybridized carbons (Fsp3) is 0.455. The first kappa shape index (κ1) is 14.9. The quantitative estimate of drug-likeness (QED) is 0.776. The van der Waals surface area contributed by atoms with Gasteiger partial charge in [0.25, 0.3) is 0 Å². The molecule has 0 bridgehead atoms. The Kier molecular flexibility index (Phi) is 2.90. The van der Waals surface area contributed by atoms with Gasteiger partial charge in [0.05, 0.1) is 20.0 Å². The molecule has 2 aromatic carbocycles. The Morgan fingerprint density at radius 1 is 0.593 bits per heavy atom. The van der Waals surface area contributed by atoms with Gasteiger partial charge in [0.15, 0.2) is 0 Å². The third kappa shape index (κ3) is 2.05. The molecule has 0 radical (unpaired) electrons. The molecule has 27 heavy (non-hydrogen) atoms. The van der Waals surface area contributed by atoms with E-state index in [-0.39, 0.29) is 0 Å². The lowest BCUT2D eigenvalue weighted by Gasteiger charge is -2.45. The number of nitrogens with zero attached hydrogens (tertiary/aromatic N) is 5. The second-order valence-electron chi connectivity index (χ2n) is 8.76. The molecule has 4 heterocycles. The lowest BCUT2D eigenvalue weighted by molar-refractivity contribution is 0.0917. The van der Waals surface area contributed by atoms with Gasteiger partial charge in [-0.25, -0.2) is 0 Å². The molecular formula is C22H25N5. The van der Waals surface area contributed by atoms with Crippen LogP contribution in [0.25, 0.3) is 0 Å². The zero-order valence-corrected chi connectivity index (χ0v) is 15.5. The van der Waals surface area contributed by atoms with E-state index in [1.165, 1.54) is 35.3 Å². The highest BCUT2D eigenvalue weighted by atomic mass is 15.6. The van der Waals surface area contributed by atoms with Gasteiger partial charge in [-0.3, -0.25) is 14.7 Å². The van der Waals surface area contributed by atoms with Crippen LogP contribution >= 0.6 is 0 Å². The first-order valence-corrected chi connectivity index (χ1v) is 10.3. The van der Waals surface area contributed by atoms with E-state index in [4.69, 9.17) is 0 Å². The van der Waals surface area contributed by atoms with Crippen molar-refractivity contribution in [2.75, 3.05) is 29.8 Å². The number of rotatable bonds is 1. The highest BCUT2D eigenvalue weighted by Gasteiger charge is 2.53. The highest BCUT2D eigenvalue weighted by molar-refractivity contribution is 5.62. The Morgan fingerprint density at radius 3 is 1.70 bits per heavy atom. The molecule has 0 unspecified atom stereocenters. The summed E-state index contributed by atoms with van der Waals surface area (Å²) in [6.45, 7) is 5.30. The maximum absolute atomic E-state index is 2.74. The smallest absolute Gasteiger partial charge is 0.120 e. The third-order valence-electron chi connectivity index (χ3n) is 7.10. The van der Waals surface area contributed by atoms with Crippen LogP contribution in [0, 0.1) is 0 Å². The molecule has 0 aromatic heterocycles. The minimum atomic E-state index is 0.442. The normalized spacial score (nSPS) is 29.9. The summed E-state index contributed by atoms with van der Waals surface area (Å²) in [6.07, 6.45) is 3.61. The molecule has 5 aliphatic rings. The van der Waals surface area contributed by atoms with Crippen molar-refractivity contribution in [2.45, 2.75) is 44.3 Å². The van der Waals surface area contributed by atoms with E-state index in [1.807, 2.05) is 0 Å². The molecule has 3 fully saturated rings. The zero-order chi connectivity index (χ0) is 17.5. The van der Waals surface area contributed by atoms with E-state index in [1.54, 1.807) is 0 Å². The average molecular weight is 359 g/mol. The fourth-order valence-corrected chi connectivity index (χ4v) is 5.78. The standard InChI is InChI=1S/C22H25N5/c1-3-7-19-16(5-1)11-23-13-25(18-9-10-18)15-27-20-8-4-2-6-17(20)12-24-14-26(19)21(23)22(24)27/h1-8,18,21-22H,9-15H2/t21-,22+/m1/s1. The number of para-hydroxylation sites is 2. The van der Waals surface area contributed by atoms with Crippen LogP contribution in [0.1, 0.15) is 24.0 Å². The number of anilines is 2.